The van der Waals surface area contributed by atoms with Crippen molar-refractivity contribution >= 4 is 11.6 Å². The molecule has 1 fully saturated rings. The third kappa shape index (κ3) is 2.46. The summed E-state index contributed by atoms with van der Waals surface area (Å²) < 4.78 is 32.0. The van der Waals surface area contributed by atoms with Crippen molar-refractivity contribution < 1.29 is 13.5 Å². The van der Waals surface area contributed by atoms with Crippen LogP contribution in [0.25, 0.3) is 0 Å². The van der Waals surface area contributed by atoms with E-state index in [1.54, 1.807) is 0 Å². The highest BCUT2D eigenvalue weighted by molar-refractivity contribution is 5.48. The SMILES string of the molecule is CNc1nc(NC2(C)CCOC2)c(F)cc1F. The Bertz CT molecular complexity index is 419. The van der Waals surface area contributed by atoms with Gasteiger partial charge in [-0.2, -0.15) is 0 Å². The van der Waals surface area contributed by atoms with Crippen molar-refractivity contribution in [1.82, 2.24) is 4.98 Å². The molecule has 0 radical (unpaired) electrons. The molecule has 0 aromatic carbocycles. The lowest BCUT2D eigenvalue weighted by molar-refractivity contribution is 0.185. The zero-order chi connectivity index (χ0) is 12.5. The second-order valence-corrected chi connectivity index (χ2v) is 4.39. The van der Waals surface area contributed by atoms with E-state index >= 15 is 0 Å². The molecule has 17 heavy (non-hydrogen) atoms. The maximum atomic E-state index is 13.6. The minimum Gasteiger partial charge on any atom is -0.379 e. The predicted octanol–water partition coefficient (Wildman–Crippen LogP) is 1.99. The lowest BCUT2D eigenvalue weighted by Gasteiger charge is -2.24. The Labute approximate surface area is 98.4 Å². The van der Waals surface area contributed by atoms with E-state index in [0.29, 0.717) is 13.2 Å². The Morgan fingerprint density at radius 3 is 2.65 bits per heavy atom. The number of anilines is 2. The van der Waals surface area contributed by atoms with E-state index in [1.165, 1.54) is 7.05 Å². The van der Waals surface area contributed by atoms with Crippen molar-refractivity contribution in [3.8, 4) is 0 Å². The molecule has 2 rings (SSSR count). The first kappa shape index (κ1) is 12.0. The van der Waals surface area contributed by atoms with Gasteiger partial charge in [-0.3, -0.25) is 0 Å². The first-order valence-corrected chi connectivity index (χ1v) is 5.44. The average Bonchev–Trinajstić information content (AvgIpc) is 2.69. The van der Waals surface area contributed by atoms with Gasteiger partial charge in [0.1, 0.15) is 0 Å². The average molecular weight is 243 g/mol. The fourth-order valence-corrected chi connectivity index (χ4v) is 1.78. The summed E-state index contributed by atoms with van der Waals surface area (Å²) in [7, 11) is 1.54. The molecule has 1 aliphatic rings. The van der Waals surface area contributed by atoms with E-state index in [2.05, 4.69) is 15.6 Å². The van der Waals surface area contributed by atoms with Crippen LogP contribution in [0.5, 0.6) is 0 Å². The number of nitrogens with one attached hydrogen (secondary N) is 2. The smallest absolute Gasteiger partial charge is 0.168 e. The van der Waals surface area contributed by atoms with Gasteiger partial charge in [-0.15, -0.1) is 0 Å². The molecule has 1 aromatic heterocycles. The van der Waals surface area contributed by atoms with Crippen LogP contribution in [0.4, 0.5) is 20.4 Å². The standard InChI is InChI=1S/C11H15F2N3O/c1-11(3-4-17-6-11)16-10-8(13)5-7(12)9(14-2)15-10/h5H,3-4,6H2,1-2H3,(H2,14,15,16). The maximum absolute atomic E-state index is 13.6. The quantitative estimate of drug-likeness (QED) is 0.852. The number of hydrogen-bond acceptors (Lipinski definition) is 4. The van der Waals surface area contributed by atoms with Crippen LogP contribution in [0, 0.1) is 11.6 Å². The molecule has 0 aliphatic carbocycles. The second kappa shape index (κ2) is 4.44. The molecule has 1 saturated heterocycles. The molecule has 1 aromatic rings. The summed E-state index contributed by atoms with van der Waals surface area (Å²) in [5, 5.41) is 5.55. The van der Waals surface area contributed by atoms with Gasteiger partial charge in [0.05, 0.1) is 12.1 Å². The first-order chi connectivity index (χ1) is 8.04. The van der Waals surface area contributed by atoms with Crippen molar-refractivity contribution in [3.05, 3.63) is 17.7 Å². The Morgan fingerprint density at radius 1 is 1.35 bits per heavy atom. The van der Waals surface area contributed by atoms with Gasteiger partial charge >= 0.3 is 0 Å². The third-order valence-corrected chi connectivity index (χ3v) is 2.81. The van der Waals surface area contributed by atoms with E-state index < -0.39 is 11.6 Å². The molecule has 0 spiro atoms. The van der Waals surface area contributed by atoms with Crippen LogP contribution in [0.3, 0.4) is 0 Å². The van der Waals surface area contributed by atoms with Crippen molar-refractivity contribution in [1.29, 1.82) is 0 Å². The molecule has 0 amide bonds. The number of nitrogens with zero attached hydrogens (tertiary/aromatic N) is 1. The van der Waals surface area contributed by atoms with Gasteiger partial charge in [-0.05, 0) is 13.3 Å². The van der Waals surface area contributed by atoms with Crippen LogP contribution in [0.2, 0.25) is 0 Å². The minimum atomic E-state index is -0.705. The number of rotatable bonds is 3. The van der Waals surface area contributed by atoms with Crippen LogP contribution in [-0.2, 0) is 4.74 Å². The first-order valence-electron chi connectivity index (χ1n) is 5.44. The molecule has 1 unspecified atom stereocenters. The molecule has 4 nitrogen and oxygen atoms in total. The summed E-state index contributed by atoms with van der Waals surface area (Å²) in [5.41, 5.74) is -0.351. The fraction of sp³-hybridized carbons (Fsp3) is 0.545. The number of pyridine rings is 1. The summed E-state index contributed by atoms with van der Waals surface area (Å²) in [6, 6.07) is 0.820. The van der Waals surface area contributed by atoms with Crippen LogP contribution >= 0.6 is 0 Å². The molecule has 2 heterocycles. The van der Waals surface area contributed by atoms with E-state index in [0.717, 1.165) is 12.5 Å². The molecule has 0 bridgehead atoms. The summed E-state index contributed by atoms with van der Waals surface area (Å²) in [4.78, 5) is 3.87. The van der Waals surface area contributed by atoms with Crippen molar-refractivity contribution in [2.45, 2.75) is 18.9 Å². The summed E-state index contributed by atoms with van der Waals surface area (Å²) in [6.45, 7) is 3.04. The highest BCUT2D eigenvalue weighted by Crippen LogP contribution is 2.26. The largest absolute Gasteiger partial charge is 0.379 e. The van der Waals surface area contributed by atoms with Gasteiger partial charge in [0.25, 0.3) is 0 Å². The Balaban J connectivity index is 2.26. The number of aromatic nitrogens is 1. The van der Waals surface area contributed by atoms with Crippen molar-refractivity contribution in [2.24, 2.45) is 0 Å². The molecule has 94 valence electrons. The van der Waals surface area contributed by atoms with E-state index in [4.69, 9.17) is 4.74 Å². The minimum absolute atomic E-state index is 0.0245. The van der Waals surface area contributed by atoms with Gasteiger partial charge in [0, 0.05) is 19.7 Å². The van der Waals surface area contributed by atoms with Crippen LogP contribution in [0.15, 0.2) is 6.07 Å². The van der Waals surface area contributed by atoms with E-state index in [9.17, 15) is 8.78 Å². The topological polar surface area (TPSA) is 46.2 Å². The van der Waals surface area contributed by atoms with Crippen LogP contribution in [0.1, 0.15) is 13.3 Å². The zero-order valence-corrected chi connectivity index (χ0v) is 9.81. The number of ether oxygens (including phenoxy) is 1. The second-order valence-electron chi connectivity index (χ2n) is 4.39. The zero-order valence-electron chi connectivity index (χ0n) is 9.81. The molecular weight excluding hydrogens is 228 g/mol. The number of halogens is 2. The maximum Gasteiger partial charge on any atom is 0.168 e. The normalized spacial score (nSPS) is 23.8. The monoisotopic (exact) mass is 243 g/mol. The van der Waals surface area contributed by atoms with Crippen molar-refractivity contribution in [3.63, 3.8) is 0 Å². The molecule has 1 aliphatic heterocycles. The van der Waals surface area contributed by atoms with Gasteiger partial charge < -0.3 is 15.4 Å². The van der Waals surface area contributed by atoms with Gasteiger partial charge in [0.2, 0.25) is 0 Å². The van der Waals surface area contributed by atoms with Gasteiger partial charge in [-0.1, -0.05) is 0 Å². The lowest BCUT2D eigenvalue weighted by atomic mass is 10.0. The van der Waals surface area contributed by atoms with Crippen molar-refractivity contribution in [2.75, 3.05) is 30.9 Å². The lowest BCUT2D eigenvalue weighted by Crippen LogP contribution is -2.35. The van der Waals surface area contributed by atoms with E-state index in [1.807, 2.05) is 6.92 Å². The Hall–Kier alpha value is -1.43. The summed E-state index contributed by atoms with van der Waals surface area (Å²) in [5.74, 6) is -1.34. The van der Waals surface area contributed by atoms with E-state index in [-0.39, 0.29) is 17.2 Å². The Kier molecular flexibility index (Phi) is 3.15. The fourth-order valence-electron chi connectivity index (χ4n) is 1.78. The highest BCUT2D eigenvalue weighted by atomic mass is 19.1. The summed E-state index contributed by atoms with van der Waals surface area (Å²) >= 11 is 0. The summed E-state index contributed by atoms with van der Waals surface area (Å²) in [6.07, 6.45) is 0.764. The molecule has 2 N–H and O–H groups in total. The molecule has 1 atom stereocenters. The highest BCUT2D eigenvalue weighted by Gasteiger charge is 2.31. The Morgan fingerprint density at radius 2 is 2.06 bits per heavy atom. The third-order valence-electron chi connectivity index (χ3n) is 2.81. The molecule has 0 saturated carbocycles. The molecular formula is C11H15F2N3O. The van der Waals surface area contributed by atoms with Gasteiger partial charge in [0.15, 0.2) is 23.3 Å². The number of hydrogen-bond donors (Lipinski definition) is 2. The van der Waals surface area contributed by atoms with Crippen LogP contribution < -0.4 is 10.6 Å². The van der Waals surface area contributed by atoms with Crippen LogP contribution in [-0.4, -0.2) is 30.8 Å². The predicted molar refractivity (Wildman–Crippen MR) is 61.2 cm³/mol. The molecule has 6 heteroatoms. The van der Waals surface area contributed by atoms with Gasteiger partial charge in [-0.25, -0.2) is 13.8 Å².